The van der Waals surface area contributed by atoms with Crippen LogP contribution in [-0.4, -0.2) is 36.4 Å². The number of amides is 2. The molecule has 0 spiro atoms. The third-order valence-electron chi connectivity index (χ3n) is 4.96. The zero-order valence-corrected chi connectivity index (χ0v) is 17.3. The van der Waals surface area contributed by atoms with Crippen molar-refractivity contribution < 1.29 is 14.3 Å². The molecule has 1 aliphatic rings. The Hall–Kier alpha value is -2.82. The van der Waals surface area contributed by atoms with E-state index in [1.54, 1.807) is 24.3 Å². The molecule has 0 bridgehead atoms. The molecule has 29 heavy (non-hydrogen) atoms. The quantitative estimate of drug-likeness (QED) is 0.751. The molecule has 1 N–H and O–H groups in total. The Balaban J connectivity index is 1.72. The molecule has 0 aliphatic carbocycles. The predicted octanol–water partition coefficient (Wildman–Crippen LogP) is 4.99. The SMILES string of the molecule is CC(C)COc1ccccc1C(=O)Nc1cccc(C(=O)N2CCCCCC2)c1. The van der Waals surface area contributed by atoms with Crippen LogP contribution < -0.4 is 10.1 Å². The van der Waals surface area contributed by atoms with Crippen molar-refractivity contribution in [2.24, 2.45) is 5.92 Å². The van der Waals surface area contributed by atoms with Crippen LogP contribution in [0.25, 0.3) is 0 Å². The molecule has 0 atom stereocenters. The summed E-state index contributed by atoms with van der Waals surface area (Å²) in [7, 11) is 0. The molecular formula is C24H30N2O3. The second kappa shape index (κ2) is 10.1. The Morgan fingerprint density at radius 3 is 2.45 bits per heavy atom. The highest BCUT2D eigenvalue weighted by Crippen LogP contribution is 2.22. The highest BCUT2D eigenvalue weighted by molar-refractivity contribution is 6.06. The number of likely N-dealkylation sites (tertiary alicyclic amines) is 1. The van der Waals surface area contributed by atoms with Crippen molar-refractivity contribution in [1.82, 2.24) is 4.90 Å². The number of rotatable bonds is 6. The largest absolute Gasteiger partial charge is 0.492 e. The molecule has 1 saturated heterocycles. The lowest BCUT2D eigenvalue weighted by molar-refractivity contribution is 0.0761. The number of nitrogens with zero attached hydrogens (tertiary/aromatic N) is 1. The molecule has 0 radical (unpaired) electrons. The Morgan fingerprint density at radius 2 is 1.72 bits per heavy atom. The Kier molecular flexibility index (Phi) is 7.28. The number of hydrogen-bond acceptors (Lipinski definition) is 3. The summed E-state index contributed by atoms with van der Waals surface area (Å²) >= 11 is 0. The number of anilines is 1. The van der Waals surface area contributed by atoms with E-state index in [0.29, 0.717) is 35.1 Å². The van der Waals surface area contributed by atoms with Gasteiger partial charge in [-0.05, 0) is 49.1 Å². The number of para-hydroxylation sites is 1. The second-order valence-corrected chi connectivity index (χ2v) is 7.94. The van der Waals surface area contributed by atoms with E-state index in [1.807, 2.05) is 29.2 Å². The van der Waals surface area contributed by atoms with Gasteiger partial charge in [0.1, 0.15) is 5.75 Å². The normalized spacial score (nSPS) is 14.4. The number of nitrogens with one attached hydrogen (secondary N) is 1. The molecule has 1 heterocycles. The maximum Gasteiger partial charge on any atom is 0.259 e. The van der Waals surface area contributed by atoms with Crippen molar-refractivity contribution in [3.05, 3.63) is 59.7 Å². The minimum absolute atomic E-state index is 0.0312. The summed E-state index contributed by atoms with van der Waals surface area (Å²) in [4.78, 5) is 27.6. The Bertz CT molecular complexity index is 840. The van der Waals surface area contributed by atoms with Crippen molar-refractivity contribution in [2.45, 2.75) is 39.5 Å². The van der Waals surface area contributed by atoms with Crippen LogP contribution in [0.5, 0.6) is 5.75 Å². The highest BCUT2D eigenvalue weighted by Gasteiger charge is 2.18. The Morgan fingerprint density at radius 1 is 1.00 bits per heavy atom. The minimum atomic E-state index is -0.247. The summed E-state index contributed by atoms with van der Waals surface area (Å²) in [6.45, 7) is 6.28. The number of benzene rings is 2. The molecule has 2 aromatic rings. The first-order valence-corrected chi connectivity index (χ1v) is 10.5. The van der Waals surface area contributed by atoms with Gasteiger partial charge in [-0.15, -0.1) is 0 Å². The molecule has 1 fully saturated rings. The Labute approximate surface area is 173 Å². The standard InChI is InChI=1S/C24H30N2O3/c1-18(2)17-29-22-13-6-5-12-21(22)23(27)25-20-11-9-10-19(16-20)24(28)26-14-7-3-4-8-15-26/h5-6,9-13,16,18H,3-4,7-8,14-15,17H2,1-2H3,(H,25,27). The summed E-state index contributed by atoms with van der Waals surface area (Å²) in [6, 6.07) is 14.4. The van der Waals surface area contributed by atoms with Gasteiger partial charge >= 0.3 is 0 Å². The van der Waals surface area contributed by atoms with E-state index >= 15 is 0 Å². The monoisotopic (exact) mass is 394 g/mol. The molecule has 154 valence electrons. The van der Waals surface area contributed by atoms with Gasteiger partial charge in [0.05, 0.1) is 12.2 Å². The van der Waals surface area contributed by atoms with Gasteiger partial charge in [0, 0.05) is 24.3 Å². The molecule has 1 aliphatic heterocycles. The summed E-state index contributed by atoms with van der Waals surface area (Å²) in [6.07, 6.45) is 4.46. The first kappa shape index (κ1) is 20.9. The first-order valence-electron chi connectivity index (χ1n) is 10.5. The predicted molar refractivity (Wildman–Crippen MR) is 116 cm³/mol. The zero-order chi connectivity index (χ0) is 20.6. The first-order chi connectivity index (χ1) is 14.0. The van der Waals surface area contributed by atoms with Gasteiger partial charge < -0.3 is 15.0 Å². The molecule has 3 rings (SSSR count). The number of hydrogen-bond donors (Lipinski definition) is 1. The van der Waals surface area contributed by atoms with E-state index in [9.17, 15) is 9.59 Å². The lowest BCUT2D eigenvalue weighted by Crippen LogP contribution is -2.31. The van der Waals surface area contributed by atoms with Crippen LogP contribution in [0.4, 0.5) is 5.69 Å². The number of carbonyl (C=O) groups excluding carboxylic acids is 2. The van der Waals surface area contributed by atoms with Gasteiger partial charge in [-0.2, -0.15) is 0 Å². The van der Waals surface area contributed by atoms with Crippen molar-refractivity contribution in [2.75, 3.05) is 25.0 Å². The molecule has 2 amide bonds. The average Bonchev–Trinajstić information content (AvgIpc) is 3.01. The van der Waals surface area contributed by atoms with Crippen LogP contribution in [0.2, 0.25) is 0 Å². The summed E-state index contributed by atoms with van der Waals surface area (Å²) in [5.74, 6) is 0.718. The van der Waals surface area contributed by atoms with Crippen molar-refractivity contribution in [1.29, 1.82) is 0 Å². The van der Waals surface area contributed by atoms with Crippen LogP contribution in [0.1, 0.15) is 60.2 Å². The summed E-state index contributed by atoms with van der Waals surface area (Å²) in [5.41, 5.74) is 1.70. The van der Waals surface area contributed by atoms with E-state index in [-0.39, 0.29) is 11.8 Å². The van der Waals surface area contributed by atoms with E-state index in [2.05, 4.69) is 19.2 Å². The van der Waals surface area contributed by atoms with Gasteiger partial charge in [-0.1, -0.05) is 44.9 Å². The zero-order valence-electron chi connectivity index (χ0n) is 17.3. The van der Waals surface area contributed by atoms with Gasteiger partial charge in [0.15, 0.2) is 0 Å². The summed E-state index contributed by atoms with van der Waals surface area (Å²) in [5, 5.41) is 2.91. The third kappa shape index (κ3) is 5.83. The second-order valence-electron chi connectivity index (χ2n) is 7.94. The van der Waals surface area contributed by atoms with E-state index in [4.69, 9.17) is 4.74 Å². The lowest BCUT2D eigenvalue weighted by Gasteiger charge is -2.20. The van der Waals surface area contributed by atoms with Crippen molar-refractivity contribution in [3.8, 4) is 5.75 Å². The fraction of sp³-hybridized carbons (Fsp3) is 0.417. The molecule has 0 unspecified atom stereocenters. The maximum atomic E-state index is 12.9. The maximum absolute atomic E-state index is 12.9. The number of ether oxygens (including phenoxy) is 1. The number of carbonyl (C=O) groups is 2. The van der Waals surface area contributed by atoms with Gasteiger partial charge in [0.25, 0.3) is 11.8 Å². The molecule has 5 heteroatoms. The molecule has 2 aromatic carbocycles. The average molecular weight is 395 g/mol. The summed E-state index contributed by atoms with van der Waals surface area (Å²) < 4.78 is 5.79. The van der Waals surface area contributed by atoms with Crippen molar-refractivity contribution >= 4 is 17.5 Å². The fourth-order valence-electron chi connectivity index (χ4n) is 3.42. The van der Waals surface area contributed by atoms with Gasteiger partial charge in [-0.25, -0.2) is 0 Å². The van der Waals surface area contributed by atoms with Crippen LogP contribution >= 0.6 is 0 Å². The lowest BCUT2D eigenvalue weighted by atomic mass is 10.1. The molecule has 0 saturated carbocycles. The van der Waals surface area contributed by atoms with Crippen LogP contribution in [0.15, 0.2) is 48.5 Å². The van der Waals surface area contributed by atoms with Crippen LogP contribution in [0, 0.1) is 5.92 Å². The molecular weight excluding hydrogens is 364 g/mol. The molecule has 0 aromatic heterocycles. The fourth-order valence-corrected chi connectivity index (χ4v) is 3.42. The van der Waals surface area contributed by atoms with E-state index in [0.717, 1.165) is 25.9 Å². The third-order valence-corrected chi connectivity index (χ3v) is 4.96. The van der Waals surface area contributed by atoms with Crippen molar-refractivity contribution in [3.63, 3.8) is 0 Å². The van der Waals surface area contributed by atoms with Gasteiger partial charge in [-0.3, -0.25) is 9.59 Å². The van der Waals surface area contributed by atoms with E-state index in [1.165, 1.54) is 12.8 Å². The van der Waals surface area contributed by atoms with Crippen LogP contribution in [-0.2, 0) is 0 Å². The topological polar surface area (TPSA) is 58.6 Å². The van der Waals surface area contributed by atoms with Crippen LogP contribution in [0.3, 0.4) is 0 Å². The highest BCUT2D eigenvalue weighted by atomic mass is 16.5. The molecule has 5 nitrogen and oxygen atoms in total. The van der Waals surface area contributed by atoms with E-state index < -0.39 is 0 Å². The smallest absolute Gasteiger partial charge is 0.259 e. The van der Waals surface area contributed by atoms with Gasteiger partial charge in [0.2, 0.25) is 0 Å². The minimum Gasteiger partial charge on any atom is -0.492 e.